The Labute approximate surface area is 136 Å². The van der Waals surface area contributed by atoms with Crippen molar-refractivity contribution >= 4 is 5.91 Å². The number of benzene rings is 1. The molecule has 0 radical (unpaired) electrons. The van der Waals surface area contributed by atoms with Crippen LogP contribution in [0.25, 0.3) is 0 Å². The lowest BCUT2D eigenvalue weighted by atomic mass is 10.0. The Morgan fingerprint density at radius 2 is 2.00 bits per heavy atom. The first-order valence-electron chi connectivity index (χ1n) is 7.43. The van der Waals surface area contributed by atoms with Gasteiger partial charge in [-0.3, -0.25) is 9.48 Å². The number of β-amino-alcohol motifs (C(OH)–C–C–N with tert-alkyl or cyclic N) is 1. The second-order valence-corrected chi connectivity index (χ2v) is 5.92. The van der Waals surface area contributed by atoms with Gasteiger partial charge in [0.1, 0.15) is 0 Å². The third kappa shape index (κ3) is 3.14. The maximum absolute atomic E-state index is 12.8. The molecule has 2 aromatic rings. The number of alkyl halides is 3. The lowest BCUT2D eigenvalue weighted by Gasteiger charge is -2.25. The molecule has 1 fully saturated rings. The molecule has 1 aromatic carbocycles. The third-order valence-electron chi connectivity index (χ3n) is 4.13. The molecule has 3 rings (SSSR count). The monoisotopic (exact) mass is 339 g/mol. The predicted molar refractivity (Wildman–Crippen MR) is 79.3 cm³/mol. The first-order valence-corrected chi connectivity index (χ1v) is 7.43. The third-order valence-corrected chi connectivity index (χ3v) is 4.13. The summed E-state index contributed by atoms with van der Waals surface area (Å²) in [5.41, 5.74) is -1.63. The van der Waals surface area contributed by atoms with Crippen molar-refractivity contribution in [2.75, 3.05) is 13.1 Å². The van der Waals surface area contributed by atoms with Crippen LogP contribution in [0.3, 0.4) is 0 Å². The highest BCUT2D eigenvalue weighted by Crippen LogP contribution is 2.37. The van der Waals surface area contributed by atoms with Gasteiger partial charge >= 0.3 is 6.18 Å². The number of aliphatic hydroxyl groups is 1. The molecule has 0 unspecified atom stereocenters. The number of nitrogens with zero attached hydrogens (tertiary/aromatic N) is 3. The van der Waals surface area contributed by atoms with Crippen LogP contribution >= 0.6 is 0 Å². The minimum absolute atomic E-state index is 0.140. The summed E-state index contributed by atoms with van der Waals surface area (Å²) in [4.78, 5) is 13.3. The number of amides is 1. The Morgan fingerprint density at radius 3 is 2.62 bits per heavy atom. The van der Waals surface area contributed by atoms with E-state index in [1.807, 2.05) is 30.3 Å². The van der Waals surface area contributed by atoms with E-state index in [0.29, 0.717) is 6.54 Å². The SMILES string of the molecule is O=C(c1cnn(Cc2ccccc2)c1)N1CC[C@@](O)(C(F)(F)F)C1. The Balaban J connectivity index is 1.69. The van der Waals surface area contributed by atoms with E-state index in [-0.39, 0.29) is 12.1 Å². The van der Waals surface area contributed by atoms with E-state index in [4.69, 9.17) is 0 Å². The van der Waals surface area contributed by atoms with Crippen LogP contribution in [0.15, 0.2) is 42.7 Å². The van der Waals surface area contributed by atoms with Crippen LogP contribution in [0.4, 0.5) is 13.2 Å². The highest BCUT2D eigenvalue weighted by atomic mass is 19.4. The van der Waals surface area contributed by atoms with Crippen molar-refractivity contribution in [2.24, 2.45) is 0 Å². The minimum Gasteiger partial charge on any atom is -0.379 e. The van der Waals surface area contributed by atoms with E-state index in [1.165, 1.54) is 12.4 Å². The fourth-order valence-corrected chi connectivity index (χ4v) is 2.71. The van der Waals surface area contributed by atoms with E-state index >= 15 is 0 Å². The number of aromatic nitrogens is 2. The molecule has 128 valence electrons. The van der Waals surface area contributed by atoms with E-state index in [1.54, 1.807) is 4.68 Å². The second kappa shape index (κ2) is 5.94. The Morgan fingerprint density at radius 1 is 1.29 bits per heavy atom. The summed E-state index contributed by atoms with van der Waals surface area (Å²) in [5, 5.41) is 13.7. The summed E-state index contributed by atoms with van der Waals surface area (Å²) in [5.74, 6) is -0.561. The molecule has 1 aromatic heterocycles. The largest absolute Gasteiger partial charge is 0.419 e. The number of likely N-dealkylation sites (tertiary alicyclic amines) is 1. The molecular formula is C16H16F3N3O2. The summed E-state index contributed by atoms with van der Waals surface area (Å²) in [6, 6.07) is 9.47. The van der Waals surface area contributed by atoms with E-state index < -0.39 is 30.7 Å². The average molecular weight is 339 g/mol. The van der Waals surface area contributed by atoms with Gasteiger partial charge in [-0.15, -0.1) is 0 Å². The fourth-order valence-electron chi connectivity index (χ4n) is 2.71. The van der Waals surface area contributed by atoms with Crippen LogP contribution < -0.4 is 0 Å². The zero-order chi connectivity index (χ0) is 17.4. The fraction of sp³-hybridized carbons (Fsp3) is 0.375. The second-order valence-electron chi connectivity index (χ2n) is 5.92. The van der Waals surface area contributed by atoms with E-state index in [0.717, 1.165) is 10.5 Å². The van der Waals surface area contributed by atoms with E-state index in [9.17, 15) is 23.1 Å². The molecule has 1 atom stereocenters. The number of hydrogen-bond donors (Lipinski definition) is 1. The summed E-state index contributed by atoms with van der Waals surface area (Å²) < 4.78 is 40.0. The Hall–Kier alpha value is -2.35. The molecule has 5 nitrogen and oxygen atoms in total. The van der Waals surface area contributed by atoms with Gasteiger partial charge in [0.05, 0.1) is 24.8 Å². The van der Waals surface area contributed by atoms with E-state index in [2.05, 4.69) is 5.10 Å². The van der Waals surface area contributed by atoms with Gasteiger partial charge in [-0.1, -0.05) is 30.3 Å². The molecule has 0 aliphatic carbocycles. The molecule has 0 bridgehead atoms. The van der Waals surface area contributed by atoms with Gasteiger partial charge in [0.15, 0.2) is 5.60 Å². The summed E-state index contributed by atoms with van der Waals surface area (Å²) >= 11 is 0. The van der Waals surface area contributed by atoms with Gasteiger partial charge in [0, 0.05) is 19.2 Å². The quantitative estimate of drug-likeness (QED) is 0.931. The first-order chi connectivity index (χ1) is 11.3. The van der Waals surface area contributed by atoms with Gasteiger partial charge in [-0.05, 0) is 5.56 Å². The Bertz CT molecular complexity index is 730. The van der Waals surface area contributed by atoms with Gasteiger partial charge in [0.25, 0.3) is 5.91 Å². The molecule has 24 heavy (non-hydrogen) atoms. The average Bonchev–Trinajstić information content (AvgIpc) is 3.15. The number of carbonyl (C=O) groups is 1. The molecule has 0 spiro atoms. The van der Waals surface area contributed by atoms with Crippen molar-refractivity contribution in [3.63, 3.8) is 0 Å². The standard InChI is InChI=1S/C16H16F3N3O2/c17-16(18,19)15(24)6-7-21(11-15)14(23)13-8-20-22(10-13)9-12-4-2-1-3-5-12/h1-5,8,10,24H,6-7,9,11H2/t15-/m0/s1. The molecule has 1 N–H and O–H groups in total. The molecular weight excluding hydrogens is 323 g/mol. The summed E-state index contributed by atoms with van der Waals surface area (Å²) in [7, 11) is 0. The van der Waals surface area contributed by atoms with Gasteiger partial charge in [-0.2, -0.15) is 18.3 Å². The molecule has 8 heteroatoms. The predicted octanol–water partition coefficient (Wildman–Crippen LogP) is 2.07. The number of hydrogen-bond acceptors (Lipinski definition) is 3. The van der Waals surface area contributed by atoms with Crippen LogP contribution in [-0.2, 0) is 6.54 Å². The van der Waals surface area contributed by atoms with Crippen LogP contribution in [0, 0.1) is 0 Å². The molecule has 1 aliphatic heterocycles. The normalized spacial score (nSPS) is 21.2. The highest BCUT2D eigenvalue weighted by Gasteiger charge is 2.57. The van der Waals surface area contributed by atoms with Crippen LogP contribution in [0.5, 0.6) is 0 Å². The van der Waals surface area contributed by atoms with Crippen molar-refractivity contribution in [1.82, 2.24) is 14.7 Å². The van der Waals surface area contributed by atoms with Crippen molar-refractivity contribution in [1.29, 1.82) is 0 Å². The molecule has 1 aliphatic rings. The van der Waals surface area contributed by atoms with Crippen molar-refractivity contribution in [3.05, 3.63) is 53.9 Å². The number of rotatable bonds is 3. The van der Waals surface area contributed by atoms with Gasteiger partial charge in [-0.25, -0.2) is 0 Å². The topological polar surface area (TPSA) is 58.4 Å². The zero-order valence-corrected chi connectivity index (χ0v) is 12.7. The lowest BCUT2D eigenvalue weighted by Crippen LogP contribution is -2.48. The lowest BCUT2D eigenvalue weighted by molar-refractivity contribution is -0.253. The smallest absolute Gasteiger partial charge is 0.379 e. The first kappa shape index (κ1) is 16.5. The minimum atomic E-state index is -4.75. The zero-order valence-electron chi connectivity index (χ0n) is 12.7. The van der Waals surface area contributed by atoms with Gasteiger partial charge < -0.3 is 10.0 Å². The summed E-state index contributed by atoms with van der Waals surface area (Å²) in [6.07, 6.45) is -2.43. The van der Waals surface area contributed by atoms with Crippen molar-refractivity contribution < 1.29 is 23.1 Å². The number of carbonyl (C=O) groups excluding carboxylic acids is 1. The highest BCUT2D eigenvalue weighted by molar-refractivity contribution is 5.94. The van der Waals surface area contributed by atoms with Crippen molar-refractivity contribution in [2.45, 2.75) is 24.7 Å². The maximum Gasteiger partial charge on any atom is 0.419 e. The Kier molecular flexibility index (Phi) is 4.08. The molecule has 1 amide bonds. The van der Waals surface area contributed by atoms with Crippen LogP contribution in [0.1, 0.15) is 22.3 Å². The molecule has 0 saturated carbocycles. The summed E-state index contributed by atoms with van der Waals surface area (Å²) in [6.45, 7) is -0.432. The van der Waals surface area contributed by atoms with Crippen LogP contribution in [0.2, 0.25) is 0 Å². The number of halogens is 3. The molecule has 2 heterocycles. The maximum atomic E-state index is 12.8. The molecule has 1 saturated heterocycles. The van der Waals surface area contributed by atoms with Gasteiger partial charge in [0.2, 0.25) is 0 Å². The van der Waals surface area contributed by atoms with Crippen LogP contribution in [-0.4, -0.2) is 50.6 Å². The van der Waals surface area contributed by atoms with Crippen molar-refractivity contribution in [3.8, 4) is 0 Å².